The molecule has 0 saturated carbocycles. The Kier molecular flexibility index (Phi) is 6.86. The molecule has 5 nitrogen and oxygen atoms in total. The molecule has 148 valence electrons. The normalized spacial score (nSPS) is 10.4. The van der Waals surface area contributed by atoms with E-state index in [-0.39, 0.29) is 19.1 Å². The van der Waals surface area contributed by atoms with Crippen LogP contribution in [0.4, 0.5) is 5.69 Å². The molecular weight excluding hydrogens is 411 g/mol. The first-order valence-corrected chi connectivity index (χ1v) is 9.68. The zero-order valence-corrected chi connectivity index (χ0v) is 17.2. The summed E-state index contributed by atoms with van der Waals surface area (Å²) in [4.78, 5) is 30.7. The van der Waals surface area contributed by atoms with Crippen LogP contribution in [0.3, 0.4) is 0 Å². The summed E-state index contributed by atoms with van der Waals surface area (Å²) in [6.45, 7) is 2.19. The van der Waals surface area contributed by atoms with Gasteiger partial charge in [0.25, 0.3) is 5.91 Å². The van der Waals surface area contributed by atoms with Gasteiger partial charge in [-0.2, -0.15) is 0 Å². The molecule has 0 aliphatic carbocycles. The van der Waals surface area contributed by atoms with Crippen LogP contribution in [0.25, 0.3) is 0 Å². The van der Waals surface area contributed by atoms with E-state index in [1.54, 1.807) is 72.6 Å². The Morgan fingerprint density at radius 1 is 0.966 bits per heavy atom. The first kappa shape index (κ1) is 20.8. The van der Waals surface area contributed by atoms with Gasteiger partial charge in [-0.15, -0.1) is 0 Å². The van der Waals surface area contributed by atoms with Gasteiger partial charge in [0, 0.05) is 33.7 Å². The maximum absolute atomic E-state index is 13.2. The lowest BCUT2D eigenvalue weighted by atomic mass is 10.1. The first-order valence-electron chi connectivity index (χ1n) is 8.93. The predicted octanol–water partition coefficient (Wildman–Crippen LogP) is 5.41. The highest BCUT2D eigenvalue weighted by Gasteiger charge is 2.21. The Hall–Kier alpha value is -2.89. The summed E-state index contributed by atoms with van der Waals surface area (Å²) in [6, 6.07) is 15.2. The van der Waals surface area contributed by atoms with Crippen molar-refractivity contribution in [3.8, 4) is 0 Å². The number of carbonyl (C=O) groups excluding carboxylic acids is 2. The third-order valence-corrected chi connectivity index (χ3v) is 4.93. The number of aromatic nitrogens is 1. The molecular formula is C22H18Cl2N2O3. The van der Waals surface area contributed by atoms with Crippen molar-refractivity contribution in [1.29, 1.82) is 0 Å². The topological polar surface area (TPSA) is 59.5 Å². The van der Waals surface area contributed by atoms with E-state index in [4.69, 9.17) is 27.9 Å². The largest absolute Gasteiger partial charge is 0.462 e. The summed E-state index contributed by atoms with van der Waals surface area (Å²) < 4.78 is 5.01. The molecule has 0 unspecified atom stereocenters. The van der Waals surface area contributed by atoms with Gasteiger partial charge in [0.1, 0.15) is 0 Å². The number of benzene rings is 2. The maximum atomic E-state index is 13.2. The monoisotopic (exact) mass is 428 g/mol. The third kappa shape index (κ3) is 4.94. The average molecular weight is 429 g/mol. The van der Waals surface area contributed by atoms with E-state index in [0.29, 0.717) is 32.4 Å². The number of anilines is 1. The molecule has 0 spiro atoms. The molecule has 0 bridgehead atoms. The molecule has 1 amide bonds. The fourth-order valence-electron chi connectivity index (χ4n) is 2.76. The van der Waals surface area contributed by atoms with Gasteiger partial charge in [0.15, 0.2) is 0 Å². The molecule has 0 aliphatic heterocycles. The molecule has 7 heteroatoms. The van der Waals surface area contributed by atoms with Crippen LogP contribution >= 0.6 is 23.2 Å². The van der Waals surface area contributed by atoms with Crippen molar-refractivity contribution >= 4 is 40.8 Å². The number of hydrogen-bond acceptors (Lipinski definition) is 4. The minimum absolute atomic E-state index is 0.158. The average Bonchev–Trinajstić information content (AvgIpc) is 2.74. The molecule has 29 heavy (non-hydrogen) atoms. The predicted molar refractivity (Wildman–Crippen MR) is 114 cm³/mol. The molecule has 3 aromatic rings. The molecule has 0 radical (unpaired) electrons. The quantitative estimate of drug-likeness (QED) is 0.492. The highest BCUT2D eigenvalue weighted by atomic mass is 35.5. The lowest BCUT2D eigenvalue weighted by Gasteiger charge is -2.24. The summed E-state index contributed by atoms with van der Waals surface area (Å²) in [5.41, 5.74) is 2.04. The van der Waals surface area contributed by atoms with E-state index in [2.05, 4.69) is 4.98 Å². The molecule has 2 aromatic carbocycles. The van der Waals surface area contributed by atoms with Gasteiger partial charge >= 0.3 is 5.97 Å². The minimum Gasteiger partial charge on any atom is -0.462 e. The summed E-state index contributed by atoms with van der Waals surface area (Å²) in [6.07, 6.45) is 3.09. The Balaban J connectivity index is 1.99. The van der Waals surface area contributed by atoms with Crippen molar-refractivity contribution in [2.45, 2.75) is 13.5 Å². The molecule has 0 fully saturated rings. The Bertz CT molecular complexity index is 988. The van der Waals surface area contributed by atoms with E-state index in [9.17, 15) is 9.59 Å². The van der Waals surface area contributed by atoms with Crippen LogP contribution in [0.15, 0.2) is 67.0 Å². The second-order valence-electron chi connectivity index (χ2n) is 6.10. The zero-order valence-electron chi connectivity index (χ0n) is 15.6. The molecule has 1 heterocycles. The van der Waals surface area contributed by atoms with E-state index < -0.39 is 5.97 Å². The van der Waals surface area contributed by atoms with E-state index in [1.165, 1.54) is 6.20 Å². The highest BCUT2D eigenvalue weighted by molar-refractivity contribution is 6.36. The van der Waals surface area contributed by atoms with Crippen molar-refractivity contribution in [2.24, 2.45) is 0 Å². The standard InChI is InChI=1S/C22H18Cl2N2O3/c1-2-29-22(28)15-8-10-17(11-9-15)26(21(27)16-5-4-12-25-13-16)14-18-19(23)6-3-7-20(18)24/h3-13H,2,14H2,1H3. The second-order valence-corrected chi connectivity index (χ2v) is 6.91. The number of amides is 1. The van der Waals surface area contributed by atoms with Crippen LogP contribution in [0.2, 0.25) is 10.0 Å². The van der Waals surface area contributed by atoms with Crippen LogP contribution in [-0.4, -0.2) is 23.5 Å². The molecule has 0 atom stereocenters. The Morgan fingerprint density at radius 3 is 2.24 bits per heavy atom. The fraction of sp³-hybridized carbons (Fsp3) is 0.136. The lowest BCUT2D eigenvalue weighted by molar-refractivity contribution is 0.0526. The second kappa shape index (κ2) is 9.54. The van der Waals surface area contributed by atoms with E-state index >= 15 is 0 Å². The zero-order chi connectivity index (χ0) is 20.8. The van der Waals surface area contributed by atoms with Crippen LogP contribution in [0, 0.1) is 0 Å². The number of esters is 1. The molecule has 0 aliphatic rings. The number of hydrogen-bond donors (Lipinski definition) is 0. The smallest absolute Gasteiger partial charge is 0.338 e. The highest BCUT2D eigenvalue weighted by Crippen LogP contribution is 2.29. The van der Waals surface area contributed by atoms with E-state index in [0.717, 1.165) is 0 Å². The van der Waals surface area contributed by atoms with Gasteiger partial charge in [-0.25, -0.2) is 4.79 Å². The van der Waals surface area contributed by atoms with Crippen molar-refractivity contribution in [1.82, 2.24) is 4.98 Å². The number of pyridine rings is 1. The summed E-state index contributed by atoms with van der Waals surface area (Å²) in [5.74, 6) is -0.684. The van der Waals surface area contributed by atoms with Gasteiger partial charge in [-0.1, -0.05) is 29.3 Å². The van der Waals surface area contributed by atoms with Crippen molar-refractivity contribution in [3.05, 3.63) is 93.7 Å². The van der Waals surface area contributed by atoms with E-state index in [1.807, 2.05) is 0 Å². The summed E-state index contributed by atoms with van der Waals surface area (Å²) in [7, 11) is 0. The molecule has 3 rings (SSSR count). The summed E-state index contributed by atoms with van der Waals surface area (Å²) >= 11 is 12.6. The minimum atomic E-state index is -0.418. The van der Waals surface area contributed by atoms with Gasteiger partial charge in [-0.05, 0) is 55.5 Å². The van der Waals surface area contributed by atoms with Crippen LogP contribution < -0.4 is 4.90 Å². The Morgan fingerprint density at radius 2 is 1.66 bits per heavy atom. The fourth-order valence-corrected chi connectivity index (χ4v) is 3.28. The molecule has 0 saturated heterocycles. The summed E-state index contributed by atoms with van der Waals surface area (Å²) in [5, 5.41) is 0.925. The van der Waals surface area contributed by atoms with Gasteiger partial charge in [0.05, 0.1) is 24.3 Å². The SMILES string of the molecule is CCOC(=O)c1ccc(N(Cc2c(Cl)cccc2Cl)C(=O)c2cccnc2)cc1. The number of nitrogens with zero attached hydrogens (tertiary/aromatic N) is 2. The number of ether oxygens (including phenoxy) is 1. The number of carbonyl (C=O) groups is 2. The lowest BCUT2D eigenvalue weighted by Crippen LogP contribution is -2.30. The first-order chi connectivity index (χ1) is 14.0. The maximum Gasteiger partial charge on any atom is 0.338 e. The van der Waals surface area contributed by atoms with Gasteiger partial charge in [-0.3, -0.25) is 9.78 Å². The number of halogens is 2. The molecule has 0 N–H and O–H groups in total. The van der Waals surface area contributed by atoms with Crippen LogP contribution in [-0.2, 0) is 11.3 Å². The Labute approximate surface area is 178 Å². The van der Waals surface area contributed by atoms with Gasteiger partial charge < -0.3 is 9.64 Å². The van der Waals surface area contributed by atoms with Crippen LogP contribution in [0.5, 0.6) is 0 Å². The van der Waals surface area contributed by atoms with Gasteiger partial charge in [0.2, 0.25) is 0 Å². The number of rotatable bonds is 6. The van der Waals surface area contributed by atoms with Crippen molar-refractivity contribution in [2.75, 3.05) is 11.5 Å². The van der Waals surface area contributed by atoms with Crippen molar-refractivity contribution < 1.29 is 14.3 Å². The van der Waals surface area contributed by atoms with Crippen molar-refractivity contribution in [3.63, 3.8) is 0 Å². The third-order valence-electron chi connectivity index (χ3n) is 4.22. The van der Waals surface area contributed by atoms with Crippen LogP contribution in [0.1, 0.15) is 33.2 Å². The molecule has 1 aromatic heterocycles.